The van der Waals surface area contributed by atoms with Gasteiger partial charge >= 0.3 is 5.97 Å². The molecule has 0 saturated carbocycles. The van der Waals surface area contributed by atoms with Crippen LogP contribution < -0.4 is 4.74 Å². The number of methoxy groups -OCH3 is 1. The van der Waals surface area contributed by atoms with Gasteiger partial charge in [0.25, 0.3) is 0 Å². The van der Waals surface area contributed by atoms with Gasteiger partial charge in [-0.05, 0) is 25.3 Å². The van der Waals surface area contributed by atoms with Crippen LogP contribution in [0.15, 0.2) is 24.3 Å². The fraction of sp³-hybridized carbons (Fsp3) is 0.500. The van der Waals surface area contributed by atoms with E-state index in [1.807, 2.05) is 24.3 Å². The van der Waals surface area contributed by atoms with E-state index in [-0.39, 0.29) is 12.2 Å². The molecule has 2 aliphatic rings. The molecule has 3 rings (SSSR count). The number of hydrogen-bond acceptors (Lipinski definition) is 3. The van der Waals surface area contributed by atoms with Gasteiger partial charge in [-0.2, -0.15) is 0 Å². The maximum absolute atomic E-state index is 11.8. The number of hydrogen-bond donors (Lipinski definition) is 1. The molecule has 2 saturated heterocycles. The van der Waals surface area contributed by atoms with Crippen molar-refractivity contribution in [2.75, 3.05) is 7.11 Å². The van der Waals surface area contributed by atoms with Crippen LogP contribution in [0.4, 0.5) is 0 Å². The summed E-state index contributed by atoms with van der Waals surface area (Å²) in [5, 5.41) is 9.72. The van der Waals surface area contributed by atoms with Gasteiger partial charge in [-0.25, -0.2) is 0 Å². The summed E-state index contributed by atoms with van der Waals surface area (Å²) in [5.74, 6) is -0.171. The highest BCUT2D eigenvalue weighted by molar-refractivity contribution is 5.84. The predicted molar refractivity (Wildman–Crippen MR) is 64.8 cm³/mol. The summed E-state index contributed by atoms with van der Waals surface area (Å²) in [6.07, 6.45) is 2.18. The highest BCUT2D eigenvalue weighted by Crippen LogP contribution is 2.51. The molecule has 0 aliphatic carbocycles. The summed E-state index contributed by atoms with van der Waals surface area (Å²) in [6, 6.07) is 7.36. The third-order valence-corrected chi connectivity index (χ3v) is 4.18. The number of para-hydroxylation sites is 1. The van der Waals surface area contributed by atoms with E-state index < -0.39 is 11.4 Å². The molecule has 0 aromatic heterocycles. The summed E-state index contributed by atoms with van der Waals surface area (Å²) in [6.45, 7) is 0. The monoisotopic (exact) mass is 248 g/mol. The molecule has 4 heteroatoms. The Morgan fingerprint density at radius 3 is 2.78 bits per heavy atom. The number of carboxylic acids is 1. The normalized spacial score (nSPS) is 33.6. The van der Waals surface area contributed by atoms with Gasteiger partial charge in [-0.3, -0.25) is 4.79 Å². The predicted octanol–water partition coefficient (Wildman–Crippen LogP) is 1.97. The third kappa shape index (κ3) is 1.38. The minimum absolute atomic E-state index is 0.0796. The van der Waals surface area contributed by atoms with Gasteiger partial charge in [-0.1, -0.05) is 18.2 Å². The van der Waals surface area contributed by atoms with Gasteiger partial charge in [-0.15, -0.1) is 0 Å². The molecule has 2 bridgehead atoms. The van der Waals surface area contributed by atoms with E-state index in [9.17, 15) is 9.90 Å². The number of rotatable bonds is 3. The molecule has 2 fully saturated rings. The lowest BCUT2D eigenvalue weighted by molar-refractivity contribution is -0.146. The Morgan fingerprint density at radius 2 is 2.22 bits per heavy atom. The third-order valence-electron chi connectivity index (χ3n) is 4.18. The van der Waals surface area contributed by atoms with Crippen LogP contribution in [0.2, 0.25) is 0 Å². The zero-order valence-electron chi connectivity index (χ0n) is 10.3. The van der Waals surface area contributed by atoms with Crippen LogP contribution in [-0.2, 0) is 14.9 Å². The Kier molecular flexibility index (Phi) is 2.55. The topological polar surface area (TPSA) is 55.8 Å². The standard InChI is InChI=1S/C14H16O4/c1-17-11-5-3-2-4-10(11)14(13(15)16)8-9-6-7-12(14)18-9/h2-5,9,12H,6-8H2,1H3,(H,15,16). The Bertz CT molecular complexity index is 484. The second-order valence-corrected chi connectivity index (χ2v) is 5.00. The molecule has 2 heterocycles. The van der Waals surface area contributed by atoms with Crippen LogP contribution in [0.5, 0.6) is 5.75 Å². The van der Waals surface area contributed by atoms with E-state index in [2.05, 4.69) is 0 Å². The summed E-state index contributed by atoms with van der Waals surface area (Å²) < 4.78 is 11.1. The van der Waals surface area contributed by atoms with Crippen molar-refractivity contribution in [3.8, 4) is 5.75 Å². The quantitative estimate of drug-likeness (QED) is 0.888. The molecule has 1 N–H and O–H groups in total. The summed E-state index contributed by atoms with van der Waals surface area (Å²) in [5.41, 5.74) is -0.192. The average molecular weight is 248 g/mol. The van der Waals surface area contributed by atoms with Crippen molar-refractivity contribution < 1.29 is 19.4 Å². The van der Waals surface area contributed by atoms with E-state index in [1.165, 1.54) is 0 Å². The SMILES string of the molecule is COc1ccccc1C1(C(=O)O)CC2CCC1O2. The van der Waals surface area contributed by atoms with E-state index in [0.717, 1.165) is 18.4 Å². The highest BCUT2D eigenvalue weighted by Gasteiger charge is 2.59. The number of carbonyl (C=O) groups is 1. The lowest BCUT2D eigenvalue weighted by atomic mass is 9.69. The minimum Gasteiger partial charge on any atom is -0.496 e. The van der Waals surface area contributed by atoms with Crippen LogP contribution in [0.25, 0.3) is 0 Å². The maximum atomic E-state index is 11.8. The number of benzene rings is 1. The molecule has 0 radical (unpaired) electrons. The van der Waals surface area contributed by atoms with Crippen molar-refractivity contribution in [3.05, 3.63) is 29.8 Å². The first-order chi connectivity index (χ1) is 8.68. The number of fused-ring (bicyclic) bond motifs is 2. The van der Waals surface area contributed by atoms with Gasteiger partial charge in [0.2, 0.25) is 0 Å². The van der Waals surface area contributed by atoms with Gasteiger partial charge in [0, 0.05) is 5.56 Å². The summed E-state index contributed by atoms with van der Waals surface area (Å²) >= 11 is 0. The smallest absolute Gasteiger partial charge is 0.317 e. The number of aliphatic carboxylic acids is 1. The van der Waals surface area contributed by atoms with Crippen LogP contribution in [0.1, 0.15) is 24.8 Å². The number of carboxylic acid groups (broad SMARTS) is 1. The van der Waals surface area contributed by atoms with E-state index in [4.69, 9.17) is 9.47 Å². The molecule has 3 atom stereocenters. The molecular weight excluding hydrogens is 232 g/mol. The first kappa shape index (κ1) is 11.5. The zero-order valence-corrected chi connectivity index (χ0v) is 10.3. The molecule has 4 nitrogen and oxygen atoms in total. The molecule has 1 aromatic carbocycles. The molecule has 2 aliphatic heterocycles. The molecule has 3 unspecified atom stereocenters. The molecule has 1 aromatic rings. The van der Waals surface area contributed by atoms with Crippen LogP contribution in [0, 0.1) is 0 Å². The number of ether oxygens (including phenoxy) is 2. The first-order valence-electron chi connectivity index (χ1n) is 6.21. The van der Waals surface area contributed by atoms with Gasteiger partial charge in [0.1, 0.15) is 11.2 Å². The molecule has 18 heavy (non-hydrogen) atoms. The van der Waals surface area contributed by atoms with Crippen LogP contribution >= 0.6 is 0 Å². The Labute approximate surface area is 106 Å². The van der Waals surface area contributed by atoms with Gasteiger partial charge in [0.05, 0.1) is 19.3 Å². The highest BCUT2D eigenvalue weighted by atomic mass is 16.5. The van der Waals surface area contributed by atoms with Gasteiger partial charge < -0.3 is 14.6 Å². The second-order valence-electron chi connectivity index (χ2n) is 5.00. The zero-order chi connectivity index (χ0) is 12.8. The Hall–Kier alpha value is -1.55. The summed E-state index contributed by atoms with van der Waals surface area (Å²) in [4.78, 5) is 11.8. The largest absolute Gasteiger partial charge is 0.496 e. The van der Waals surface area contributed by atoms with Crippen molar-refractivity contribution in [1.82, 2.24) is 0 Å². The fourth-order valence-corrected chi connectivity index (χ4v) is 3.35. The van der Waals surface area contributed by atoms with E-state index >= 15 is 0 Å². The lowest BCUT2D eigenvalue weighted by Crippen LogP contribution is -2.44. The lowest BCUT2D eigenvalue weighted by Gasteiger charge is -2.32. The van der Waals surface area contributed by atoms with Crippen molar-refractivity contribution in [3.63, 3.8) is 0 Å². The van der Waals surface area contributed by atoms with Gasteiger partial charge in [0.15, 0.2) is 0 Å². The van der Waals surface area contributed by atoms with Crippen molar-refractivity contribution in [1.29, 1.82) is 0 Å². The molecular formula is C14H16O4. The molecule has 96 valence electrons. The van der Waals surface area contributed by atoms with E-state index in [0.29, 0.717) is 12.2 Å². The van der Waals surface area contributed by atoms with Crippen molar-refractivity contribution in [2.24, 2.45) is 0 Å². The van der Waals surface area contributed by atoms with E-state index in [1.54, 1.807) is 7.11 Å². The second kappa shape index (κ2) is 3.99. The Balaban J connectivity index is 2.13. The minimum atomic E-state index is -0.935. The van der Waals surface area contributed by atoms with Crippen molar-refractivity contribution in [2.45, 2.75) is 36.9 Å². The molecule has 0 amide bonds. The molecule has 0 spiro atoms. The van der Waals surface area contributed by atoms with Crippen LogP contribution in [0.3, 0.4) is 0 Å². The first-order valence-corrected chi connectivity index (χ1v) is 6.21. The van der Waals surface area contributed by atoms with Crippen LogP contribution in [-0.4, -0.2) is 30.4 Å². The Morgan fingerprint density at radius 1 is 1.44 bits per heavy atom. The fourth-order valence-electron chi connectivity index (χ4n) is 3.35. The maximum Gasteiger partial charge on any atom is 0.317 e. The summed E-state index contributed by atoms with van der Waals surface area (Å²) in [7, 11) is 1.57. The average Bonchev–Trinajstić information content (AvgIpc) is 2.99. The van der Waals surface area contributed by atoms with Crippen molar-refractivity contribution >= 4 is 5.97 Å².